The number of carbonyl (C=O) groups excluding carboxylic acids is 1. The molecule has 148 valence electrons. The van der Waals surface area contributed by atoms with Crippen LogP contribution in [0.1, 0.15) is 39.9 Å². The number of hydrogen-bond acceptors (Lipinski definition) is 6. The van der Waals surface area contributed by atoms with Crippen LogP contribution in [0.15, 0.2) is 0 Å². The summed E-state index contributed by atoms with van der Waals surface area (Å²) < 4.78 is 13.9. The van der Waals surface area contributed by atoms with Gasteiger partial charge >= 0.3 is 5.97 Å². The molecule has 1 aliphatic heterocycles. The molecule has 0 N–H and O–H groups in total. The molecule has 1 aliphatic rings. The Bertz CT molecular complexity index is 830. The van der Waals surface area contributed by atoms with Gasteiger partial charge in [0.2, 0.25) is 0 Å². The van der Waals surface area contributed by atoms with Crippen molar-refractivity contribution in [3.63, 3.8) is 0 Å². The summed E-state index contributed by atoms with van der Waals surface area (Å²) in [5.74, 6) is -0.373. The Morgan fingerprint density at radius 1 is 1.33 bits per heavy atom. The molecular formula is C18H26ClN5O3. The molecular weight excluding hydrogens is 370 g/mol. The average Bonchev–Trinajstić information content (AvgIpc) is 3.12. The van der Waals surface area contributed by atoms with Crippen LogP contribution in [0.2, 0.25) is 5.15 Å². The van der Waals surface area contributed by atoms with E-state index in [1.165, 1.54) is 0 Å². The lowest BCUT2D eigenvalue weighted by Gasteiger charge is -2.27. The molecule has 0 unspecified atom stereocenters. The number of ether oxygens (including phenoxy) is 2. The van der Waals surface area contributed by atoms with Crippen molar-refractivity contribution in [2.75, 3.05) is 26.9 Å². The molecule has 27 heavy (non-hydrogen) atoms. The standard InChI is InChI=1S/C18H26ClN5O3/c1-5-27-18(25)16-14-11-23(10-13-12(2)20-22(3)17(13)19)7-6-15(14)24(21-16)8-9-26-4/h5-11H2,1-4H3. The number of nitrogens with zero attached hydrogens (tertiary/aromatic N) is 5. The SMILES string of the molecule is CCOC(=O)c1nn(CCOC)c2c1CN(Cc1c(C)nn(C)c1Cl)CC2. The smallest absolute Gasteiger partial charge is 0.359 e. The zero-order chi connectivity index (χ0) is 19.6. The van der Waals surface area contributed by atoms with Crippen molar-refractivity contribution in [1.29, 1.82) is 0 Å². The first-order valence-corrected chi connectivity index (χ1v) is 9.49. The second-order valence-electron chi connectivity index (χ2n) is 6.65. The largest absolute Gasteiger partial charge is 0.461 e. The van der Waals surface area contributed by atoms with Crippen LogP contribution in [0.3, 0.4) is 0 Å². The highest BCUT2D eigenvalue weighted by Crippen LogP contribution is 2.27. The van der Waals surface area contributed by atoms with Gasteiger partial charge < -0.3 is 9.47 Å². The summed E-state index contributed by atoms with van der Waals surface area (Å²) in [7, 11) is 3.50. The summed E-state index contributed by atoms with van der Waals surface area (Å²) in [6.07, 6.45) is 0.808. The van der Waals surface area contributed by atoms with E-state index < -0.39 is 0 Å². The molecule has 0 radical (unpaired) electrons. The zero-order valence-corrected chi connectivity index (χ0v) is 17.0. The Labute approximate surface area is 164 Å². The van der Waals surface area contributed by atoms with E-state index in [1.54, 1.807) is 18.7 Å². The predicted octanol–water partition coefficient (Wildman–Crippen LogP) is 1.96. The molecule has 0 bridgehead atoms. The molecule has 0 fully saturated rings. The molecule has 9 heteroatoms. The molecule has 0 aliphatic carbocycles. The number of hydrogen-bond donors (Lipinski definition) is 0. The second-order valence-corrected chi connectivity index (χ2v) is 7.01. The fourth-order valence-corrected chi connectivity index (χ4v) is 3.72. The maximum atomic E-state index is 12.4. The minimum absolute atomic E-state index is 0.326. The highest BCUT2D eigenvalue weighted by atomic mass is 35.5. The summed E-state index contributed by atoms with van der Waals surface area (Å²) in [6, 6.07) is 0. The third kappa shape index (κ3) is 4.02. The van der Waals surface area contributed by atoms with Gasteiger partial charge in [0.25, 0.3) is 0 Å². The van der Waals surface area contributed by atoms with Crippen molar-refractivity contribution in [2.24, 2.45) is 7.05 Å². The monoisotopic (exact) mass is 395 g/mol. The van der Waals surface area contributed by atoms with Crippen LogP contribution in [0.25, 0.3) is 0 Å². The van der Waals surface area contributed by atoms with Crippen molar-refractivity contribution >= 4 is 17.6 Å². The van der Waals surface area contributed by atoms with Gasteiger partial charge in [-0.2, -0.15) is 10.2 Å². The van der Waals surface area contributed by atoms with E-state index in [-0.39, 0.29) is 5.97 Å². The maximum absolute atomic E-state index is 12.4. The van der Waals surface area contributed by atoms with Crippen molar-refractivity contribution in [1.82, 2.24) is 24.5 Å². The highest BCUT2D eigenvalue weighted by Gasteiger charge is 2.29. The Morgan fingerprint density at radius 3 is 2.74 bits per heavy atom. The number of aryl methyl sites for hydroxylation is 2. The van der Waals surface area contributed by atoms with Gasteiger partial charge in [-0.25, -0.2) is 4.79 Å². The fraction of sp³-hybridized carbons (Fsp3) is 0.611. The number of halogens is 1. The quantitative estimate of drug-likeness (QED) is 0.667. The third-order valence-electron chi connectivity index (χ3n) is 4.84. The van der Waals surface area contributed by atoms with Crippen LogP contribution in [0.5, 0.6) is 0 Å². The Morgan fingerprint density at radius 2 is 2.11 bits per heavy atom. The normalized spacial score (nSPS) is 14.4. The first-order valence-electron chi connectivity index (χ1n) is 9.11. The molecule has 0 amide bonds. The fourth-order valence-electron chi connectivity index (χ4n) is 3.48. The van der Waals surface area contributed by atoms with E-state index in [0.717, 1.165) is 35.5 Å². The molecule has 0 saturated heterocycles. The van der Waals surface area contributed by atoms with Gasteiger partial charge in [-0.3, -0.25) is 14.3 Å². The van der Waals surface area contributed by atoms with E-state index in [2.05, 4.69) is 15.1 Å². The number of rotatable bonds is 7. The number of carbonyl (C=O) groups is 1. The van der Waals surface area contributed by atoms with E-state index in [4.69, 9.17) is 21.1 Å². The summed E-state index contributed by atoms with van der Waals surface area (Å²) in [5.41, 5.74) is 4.37. The third-order valence-corrected chi connectivity index (χ3v) is 5.31. The van der Waals surface area contributed by atoms with Crippen LogP contribution in [0.4, 0.5) is 0 Å². The maximum Gasteiger partial charge on any atom is 0.359 e. The summed E-state index contributed by atoms with van der Waals surface area (Å²) in [4.78, 5) is 14.7. The van der Waals surface area contributed by atoms with Gasteiger partial charge in [0.1, 0.15) is 5.15 Å². The van der Waals surface area contributed by atoms with Crippen LogP contribution in [-0.2, 0) is 42.6 Å². The van der Waals surface area contributed by atoms with Gasteiger partial charge in [0, 0.05) is 57.0 Å². The topological polar surface area (TPSA) is 74.4 Å². The molecule has 2 aromatic rings. The van der Waals surface area contributed by atoms with Crippen LogP contribution < -0.4 is 0 Å². The van der Waals surface area contributed by atoms with Gasteiger partial charge in [0.15, 0.2) is 5.69 Å². The van der Waals surface area contributed by atoms with Gasteiger partial charge in [-0.1, -0.05) is 11.6 Å². The average molecular weight is 396 g/mol. The van der Waals surface area contributed by atoms with Gasteiger partial charge in [-0.15, -0.1) is 0 Å². The second kappa shape index (κ2) is 8.41. The van der Waals surface area contributed by atoms with Crippen molar-refractivity contribution in [3.05, 3.63) is 33.4 Å². The molecule has 0 saturated carbocycles. The minimum Gasteiger partial charge on any atom is -0.461 e. The van der Waals surface area contributed by atoms with Crippen molar-refractivity contribution in [2.45, 2.75) is 39.9 Å². The van der Waals surface area contributed by atoms with Crippen LogP contribution in [0, 0.1) is 6.92 Å². The van der Waals surface area contributed by atoms with E-state index >= 15 is 0 Å². The highest BCUT2D eigenvalue weighted by molar-refractivity contribution is 6.30. The van der Waals surface area contributed by atoms with Gasteiger partial charge in [-0.05, 0) is 13.8 Å². The molecule has 3 rings (SSSR count). The van der Waals surface area contributed by atoms with Crippen molar-refractivity contribution < 1.29 is 14.3 Å². The van der Waals surface area contributed by atoms with E-state index in [1.807, 2.05) is 18.7 Å². The first kappa shape index (κ1) is 19.9. The lowest BCUT2D eigenvalue weighted by Crippen LogP contribution is -2.31. The van der Waals surface area contributed by atoms with Crippen LogP contribution in [-0.4, -0.2) is 57.3 Å². The molecule has 2 aromatic heterocycles. The number of methoxy groups -OCH3 is 1. The summed E-state index contributed by atoms with van der Waals surface area (Å²) >= 11 is 6.39. The van der Waals surface area contributed by atoms with Crippen molar-refractivity contribution in [3.8, 4) is 0 Å². The van der Waals surface area contributed by atoms with E-state index in [9.17, 15) is 4.79 Å². The Kier molecular flexibility index (Phi) is 6.18. The van der Waals surface area contributed by atoms with E-state index in [0.29, 0.717) is 43.7 Å². The number of esters is 1. The molecule has 0 aromatic carbocycles. The molecule has 8 nitrogen and oxygen atoms in total. The summed E-state index contributed by atoms with van der Waals surface area (Å²) in [6.45, 7) is 7.42. The lowest BCUT2D eigenvalue weighted by atomic mass is 10.0. The Hall–Kier alpha value is -1.90. The lowest BCUT2D eigenvalue weighted by molar-refractivity contribution is 0.0515. The van der Waals surface area contributed by atoms with Gasteiger partial charge in [0.05, 0.1) is 25.5 Å². The minimum atomic E-state index is -0.373. The zero-order valence-electron chi connectivity index (χ0n) is 16.3. The molecule has 0 atom stereocenters. The first-order chi connectivity index (χ1) is 13.0. The summed E-state index contributed by atoms with van der Waals surface area (Å²) in [5, 5.41) is 9.56. The number of aromatic nitrogens is 4. The molecule has 0 spiro atoms. The number of fused-ring (bicyclic) bond motifs is 1. The van der Waals surface area contributed by atoms with Crippen LogP contribution >= 0.6 is 11.6 Å². The predicted molar refractivity (Wildman–Crippen MR) is 101 cm³/mol. The Balaban J connectivity index is 1.86. The molecule has 3 heterocycles.